The number of halogens is 4. The molecule has 0 bridgehead atoms. The molecule has 6 heteroatoms. The first kappa shape index (κ1) is 19.2. The Morgan fingerprint density at radius 1 is 0.947 bits per heavy atom. The van der Waals surface area contributed by atoms with Crippen molar-refractivity contribution in [3.05, 3.63) is 0 Å². The molecular weight excluding hydrogens is 274 g/mol. The third-order valence-corrected chi connectivity index (χ3v) is 8.84. The first-order valence-electron chi connectivity index (χ1n) is 7.00. The topological polar surface area (TPSA) is 0 Å². The van der Waals surface area contributed by atoms with Gasteiger partial charge in [-0.05, 0) is 52.9 Å². The van der Waals surface area contributed by atoms with E-state index < -0.39 is 7.25 Å². The van der Waals surface area contributed by atoms with Gasteiger partial charge < -0.3 is 17.3 Å². The zero-order chi connectivity index (χ0) is 15.5. The minimum atomic E-state index is -6.00. The Kier molecular flexibility index (Phi) is 6.86. The molecule has 0 N–H and O–H groups in total. The van der Waals surface area contributed by atoms with E-state index in [1.807, 2.05) is 0 Å². The molecular formula is C13H28BF4P. The molecule has 0 aliphatic carbocycles. The minimum absolute atomic E-state index is 0.200. The van der Waals surface area contributed by atoms with Crippen molar-refractivity contribution >= 4 is 15.2 Å². The Hall–Kier alpha value is 0.215. The Morgan fingerprint density at radius 2 is 1.26 bits per heavy atom. The maximum atomic E-state index is 9.75. The van der Waals surface area contributed by atoms with Gasteiger partial charge in [0.2, 0.25) is 0 Å². The highest BCUT2D eigenvalue weighted by atomic mass is 31.1. The van der Waals surface area contributed by atoms with Gasteiger partial charge in [0.05, 0.1) is 16.5 Å². The van der Waals surface area contributed by atoms with E-state index in [1.54, 1.807) is 0 Å². The molecule has 0 saturated carbocycles. The maximum absolute atomic E-state index is 9.75. The van der Waals surface area contributed by atoms with Crippen molar-refractivity contribution in [3.8, 4) is 0 Å². The molecule has 0 spiro atoms. The molecule has 1 fully saturated rings. The largest absolute Gasteiger partial charge is 0.673 e. The van der Waals surface area contributed by atoms with E-state index in [9.17, 15) is 17.3 Å². The smallest absolute Gasteiger partial charge is 0.418 e. The lowest BCUT2D eigenvalue weighted by atomic mass is 9.98. The fourth-order valence-corrected chi connectivity index (χ4v) is 7.86. The Morgan fingerprint density at radius 3 is 1.53 bits per heavy atom. The molecule has 1 heterocycles. The van der Waals surface area contributed by atoms with Crippen LogP contribution in [-0.4, -0.2) is 23.7 Å². The van der Waals surface area contributed by atoms with Crippen molar-refractivity contribution in [2.24, 2.45) is 5.92 Å². The molecule has 1 rings (SSSR count). The fourth-order valence-electron chi connectivity index (χ4n) is 3.15. The number of hydrogen-bond donors (Lipinski definition) is 0. The summed E-state index contributed by atoms with van der Waals surface area (Å²) in [6.07, 6.45) is 5.89. The summed E-state index contributed by atoms with van der Waals surface area (Å²) in [4.78, 5) is 0. The summed E-state index contributed by atoms with van der Waals surface area (Å²) in [5, 5.41) is 1.33. The van der Waals surface area contributed by atoms with Gasteiger partial charge in [-0.15, -0.1) is 0 Å². The summed E-state index contributed by atoms with van der Waals surface area (Å²) in [7, 11) is -6.20. The van der Waals surface area contributed by atoms with Gasteiger partial charge in [0.15, 0.2) is 0 Å². The molecule has 1 aliphatic heterocycles. The second-order valence-corrected chi connectivity index (χ2v) is 11.3. The van der Waals surface area contributed by atoms with E-state index in [2.05, 4.69) is 41.5 Å². The van der Waals surface area contributed by atoms with Crippen LogP contribution in [0.4, 0.5) is 17.3 Å². The SMILES string of the molecule is CC(C)C[PH+]1C(C)(C)CCCC1(C)C.F[B-](F)(F)F. The van der Waals surface area contributed by atoms with Crippen LogP contribution in [0, 0.1) is 5.92 Å². The van der Waals surface area contributed by atoms with Gasteiger partial charge >= 0.3 is 7.25 Å². The van der Waals surface area contributed by atoms with E-state index in [0.717, 1.165) is 5.92 Å². The summed E-state index contributed by atoms with van der Waals surface area (Å²) >= 11 is 0. The van der Waals surface area contributed by atoms with Crippen LogP contribution < -0.4 is 0 Å². The van der Waals surface area contributed by atoms with Gasteiger partial charge in [0, 0.05) is 7.92 Å². The quantitative estimate of drug-likeness (QED) is 0.338. The summed E-state index contributed by atoms with van der Waals surface area (Å²) < 4.78 is 39.0. The van der Waals surface area contributed by atoms with Crippen LogP contribution in [0.3, 0.4) is 0 Å². The lowest BCUT2D eigenvalue weighted by Crippen LogP contribution is -2.36. The number of hydrogen-bond acceptors (Lipinski definition) is 0. The zero-order valence-electron chi connectivity index (χ0n) is 13.0. The minimum Gasteiger partial charge on any atom is -0.418 e. The molecule has 1 saturated heterocycles. The summed E-state index contributed by atoms with van der Waals surface area (Å²) in [5.74, 6) is 0.889. The molecule has 1 aliphatic rings. The lowest BCUT2D eigenvalue weighted by Gasteiger charge is -2.43. The molecule has 0 radical (unpaired) electrons. The predicted molar refractivity (Wildman–Crippen MR) is 80.2 cm³/mol. The molecule has 19 heavy (non-hydrogen) atoms. The predicted octanol–water partition coefficient (Wildman–Crippen LogP) is 5.90. The van der Waals surface area contributed by atoms with E-state index in [0.29, 0.717) is 10.3 Å². The fraction of sp³-hybridized carbons (Fsp3) is 1.00. The molecule has 0 atom stereocenters. The van der Waals surface area contributed by atoms with E-state index in [-0.39, 0.29) is 7.92 Å². The van der Waals surface area contributed by atoms with Gasteiger partial charge in [0.1, 0.15) is 0 Å². The van der Waals surface area contributed by atoms with Crippen LogP contribution >= 0.6 is 7.92 Å². The van der Waals surface area contributed by atoms with Gasteiger partial charge in [0.25, 0.3) is 0 Å². The molecule has 0 aromatic heterocycles. The van der Waals surface area contributed by atoms with Crippen LogP contribution in [0.25, 0.3) is 0 Å². The van der Waals surface area contributed by atoms with Gasteiger partial charge in [-0.2, -0.15) is 0 Å². The Bertz CT molecular complexity index is 252. The van der Waals surface area contributed by atoms with Crippen LogP contribution in [0.1, 0.15) is 60.8 Å². The van der Waals surface area contributed by atoms with E-state index in [4.69, 9.17) is 0 Å². The van der Waals surface area contributed by atoms with Crippen molar-refractivity contribution < 1.29 is 17.3 Å². The molecule has 0 amide bonds. The number of rotatable bonds is 2. The molecule has 0 aromatic rings. The average Bonchev–Trinajstić information content (AvgIpc) is 2.07. The third-order valence-electron chi connectivity index (χ3n) is 3.85. The highest BCUT2D eigenvalue weighted by Gasteiger charge is 2.49. The van der Waals surface area contributed by atoms with Crippen LogP contribution in [-0.2, 0) is 0 Å². The Balaban J connectivity index is 0.000000555. The zero-order valence-corrected chi connectivity index (χ0v) is 14.0. The molecule has 0 nitrogen and oxygen atoms in total. The van der Waals surface area contributed by atoms with Crippen molar-refractivity contribution in [2.45, 2.75) is 71.1 Å². The first-order valence-corrected chi connectivity index (χ1v) is 8.70. The molecule has 0 aromatic carbocycles. The van der Waals surface area contributed by atoms with Crippen LogP contribution in [0.15, 0.2) is 0 Å². The molecule has 116 valence electrons. The average molecular weight is 302 g/mol. The van der Waals surface area contributed by atoms with Crippen molar-refractivity contribution in [2.75, 3.05) is 6.16 Å². The van der Waals surface area contributed by atoms with Crippen LogP contribution in [0.5, 0.6) is 0 Å². The molecule has 0 unspecified atom stereocenters. The summed E-state index contributed by atoms with van der Waals surface area (Å²) in [5.41, 5.74) is 0. The maximum Gasteiger partial charge on any atom is 0.673 e. The second kappa shape index (κ2) is 6.78. The van der Waals surface area contributed by atoms with Gasteiger partial charge in [-0.1, -0.05) is 13.8 Å². The monoisotopic (exact) mass is 302 g/mol. The highest BCUT2D eigenvalue weighted by molar-refractivity contribution is 7.61. The standard InChI is InChI=1S/C13H27P.BF4/c1-11(2)10-14-12(3,4)8-7-9-13(14,5)6;2-1(3,4)5/h11H,7-10H2,1-6H3;/q;-1/p+1. The van der Waals surface area contributed by atoms with Crippen molar-refractivity contribution in [1.82, 2.24) is 0 Å². The third kappa shape index (κ3) is 8.17. The Labute approximate surface area is 116 Å². The van der Waals surface area contributed by atoms with E-state index >= 15 is 0 Å². The van der Waals surface area contributed by atoms with Gasteiger partial charge in [-0.25, -0.2) is 0 Å². The highest BCUT2D eigenvalue weighted by Crippen LogP contribution is 2.66. The van der Waals surface area contributed by atoms with Crippen molar-refractivity contribution in [3.63, 3.8) is 0 Å². The van der Waals surface area contributed by atoms with Gasteiger partial charge in [-0.3, -0.25) is 0 Å². The van der Waals surface area contributed by atoms with E-state index in [1.165, 1.54) is 25.4 Å². The van der Waals surface area contributed by atoms with Crippen molar-refractivity contribution in [1.29, 1.82) is 0 Å². The second-order valence-electron chi connectivity index (χ2n) is 7.19. The first-order chi connectivity index (χ1) is 8.26. The normalized spacial score (nSPS) is 22.9. The summed E-state index contributed by atoms with van der Waals surface area (Å²) in [6.45, 7) is 14.8. The summed E-state index contributed by atoms with van der Waals surface area (Å²) in [6, 6.07) is 0. The lowest BCUT2D eigenvalue weighted by molar-refractivity contribution is 0.368. The van der Waals surface area contributed by atoms with Crippen LogP contribution in [0.2, 0.25) is 0 Å².